The van der Waals surface area contributed by atoms with Crippen LogP contribution in [0.1, 0.15) is 63.0 Å². The van der Waals surface area contributed by atoms with E-state index in [2.05, 4.69) is 19.1 Å². The minimum Gasteiger partial charge on any atom is -0.394 e. The van der Waals surface area contributed by atoms with E-state index in [4.69, 9.17) is 0 Å². The van der Waals surface area contributed by atoms with Gasteiger partial charge in [-0.2, -0.15) is 0 Å². The highest BCUT2D eigenvalue weighted by Crippen LogP contribution is 2.27. The van der Waals surface area contributed by atoms with E-state index < -0.39 is 0 Å². The molecule has 0 heterocycles. The first-order chi connectivity index (χ1) is 13.6. The van der Waals surface area contributed by atoms with Gasteiger partial charge in [-0.25, -0.2) is 4.39 Å². The van der Waals surface area contributed by atoms with Crippen LogP contribution in [0.5, 0.6) is 0 Å². The number of carbonyl (C=O) groups is 1. The molecule has 2 rings (SSSR count). The van der Waals surface area contributed by atoms with E-state index in [0.717, 1.165) is 24.8 Å². The highest BCUT2D eigenvalue weighted by molar-refractivity contribution is 5.77. The van der Waals surface area contributed by atoms with Crippen LogP contribution >= 0.6 is 0 Å². The van der Waals surface area contributed by atoms with Crippen molar-refractivity contribution >= 4 is 5.91 Å². The number of rotatable bonds is 11. The Morgan fingerprint density at radius 2 is 1.75 bits per heavy atom. The summed E-state index contributed by atoms with van der Waals surface area (Å²) < 4.78 is 14.2. The molecule has 0 aliphatic heterocycles. The van der Waals surface area contributed by atoms with Crippen LogP contribution in [0.2, 0.25) is 0 Å². The second kappa shape index (κ2) is 11.6. The molecule has 2 atom stereocenters. The monoisotopic (exact) mass is 385 g/mol. The molecule has 0 spiro atoms. The predicted octanol–water partition coefficient (Wildman–Crippen LogP) is 5.29. The molecule has 0 saturated carbocycles. The molecular formula is C24H32FNO2. The smallest absolute Gasteiger partial charge is 0.223 e. The Hall–Kier alpha value is -2.20. The van der Waals surface area contributed by atoms with Gasteiger partial charge >= 0.3 is 0 Å². The molecule has 0 radical (unpaired) electrons. The molecule has 152 valence electrons. The van der Waals surface area contributed by atoms with E-state index >= 15 is 0 Å². The van der Waals surface area contributed by atoms with E-state index in [-0.39, 0.29) is 36.8 Å². The van der Waals surface area contributed by atoms with E-state index in [1.54, 1.807) is 23.1 Å². The molecule has 0 saturated heterocycles. The molecule has 3 nitrogen and oxygen atoms in total. The van der Waals surface area contributed by atoms with Crippen molar-refractivity contribution < 1.29 is 14.3 Å². The van der Waals surface area contributed by atoms with Crippen molar-refractivity contribution in [1.29, 1.82) is 0 Å². The molecule has 28 heavy (non-hydrogen) atoms. The SMILES string of the molecule is CCCC[C@H](CC(=O)N(Cc1ccccc1F)[C@H](CC)CO)c1ccccc1. The van der Waals surface area contributed by atoms with E-state index in [0.29, 0.717) is 18.4 Å². The molecule has 2 aromatic carbocycles. The average Bonchev–Trinajstić information content (AvgIpc) is 2.73. The van der Waals surface area contributed by atoms with Crippen LogP contribution in [0.4, 0.5) is 4.39 Å². The number of hydrogen-bond acceptors (Lipinski definition) is 2. The first-order valence-electron chi connectivity index (χ1n) is 10.3. The zero-order chi connectivity index (χ0) is 20.4. The third-order valence-corrected chi connectivity index (χ3v) is 5.34. The number of unbranched alkanes of at least 4 members (excludes halogenated alkanes) is 1. The van der Waals surface area contributed by atoms with Crippen LogP contribution < -0.4 is 0 Å². The van der Waals surface area contributed by atoms with Gasteiger partial charge in [-0.15, -0.1) is 0 Å². The maximum atomic E-state index is 14.2. The lowest BCUT2D eigenvalue weighted by atomic mass is 9.90. The van der Waals surface area contributed by atoms with Crippen molar-refractivity contribution in [3.63, 3.8) is 0 Å². The fourth-order valence-electron chi connectivity index (χ4n) is 3.57. The van der Waals surface area contributed by atoms with Crippen molar-refractivity contribution in [3.05, 3.63) is 71.5 Å². The normalized spacial score (nSPS) is 13.1. The van der Waals surface area contributed by atoms with Gasteiger partial charge in [0.05, 0.1) is 12.6 Å². The molecular weight excluding hydrogens is 353 g/mol. The Bertz CT molecular complexity index is 716. The van der Waals surface area contributed by atoms with Gasteiger partial charge in [0.2, 0.25) is 5.91 Å². The number of hydrogen-bond donors (Lipinski definition) is 1. The summed E-state index contributed by atoms with van der Waals surface area (Å²) in [5.41, 5.74) is 1.64. The summed E-state index contributed by atoms with van der Waals surface area (Å²) in [7, 11) is 0. The molecule has 1 amide bonds. The van der Waals surface area contributed by atoms with Gasteiger partial charge in [0.15, 0.2) is 0 Å². The Morgan fingerprint density at radius 1 is 1.07 bits per heavy atom. The van der Waals surface area contributed by atoms with Crippen LogP contribution in [-0.4, -0.2) is 28.6 Å². The van der Waals surface area contributed by atoms with Crippen molar-refractivity contribution in [3.8, 4) is 0 Å². The number of halogens is 1. The molecule has 0 fully saturated rings. The largest absolute Gasteiger partial charge is 0.394 e. The van der Waals surface area contributed by atoms with Gasteiger partial charge in [-0.3, -0.25) is 4.79 Å². The summed E-state index contributed by atoms with van der Waals surface area (Å²) in [6, 6.07) is 16.3. The van der Waals surface area contributed by atoms with Gasteiger partial charge in [0.1, 0.15) is 5.82 Å². The summed E-state index contributed by atoms with van der Waals surface area (Å²) in [6.07, 6.45) is 4.06. The molecule has 4 heteroatoms. The van der Waals surface area contributed by atoms with Crippen molar-refractivity contribution in [2.24, 2.45) is 0 Å². The molecule has 1 N–H and O–H groups in total. The summed E-state index contributed by atoms with van der Waals surface area (Å²) in [5.74, 6) is -0.222. The van der Waals surface area contributed by atoms with Gasteiger partial charge in [-0.1, -0.05) is 75.2 Å². The number of benzene rings is 2. The molecule has 2 aromatic rings. The molecule has 0 aliphatic carbocycles. The average molecular weight is 386 g/mol. The number of aliphatic hydroxyl groups is 1. The molecule has 0 bridgehead atoms. The first kappa shape index (κ1) is 22.1. The minimum atomic E-state index is -0.321. The third-order valence-electron chi connectivity index (χ3n) is 5.34. The van der Waals surface area contributed by atoms with Crippen molar-refractivity contribution in [2.75, 3.05) is 6.61 Å². The summed E-state index contributed by atoms with van der Waals surface area (Å²) >= 11 is 0. The lowest BCUT2D eigenvalue weighted by molar-refractivity contribution is -0.135. The topological polar surface area (TPSA) is 40.5 Å². The fraction of sp³-hybridized carbons (Fsp3) is 0.458. The second-order valence-electron chi connectivity index (χ2n) is 7.31. The number of aliphatic hydroxyl groups excluding tert-OH is 1. The van der Waals surface area contributed by atoms with Gasteiger partial charge in [0.25, 0.3) is 0 Å². The molecule has 0 unspecified atom stereocenters. The number of carbonyl (C=O) groups excluding carboxylic acids is 1. The van der Waals surface area contributed by atoms with Gasteiger partial charge < -0.3 is 10.0 Å². The van der Waals surface area contributed by atoms with Crippen molar-refractivity contribution in [2.45, 2.75) is 64.5 Å². The molecule has 0 aliphatic rings. The highest BCUT2D eigenvalue weighted by Gasteiger charge is 2.26. The quantitative estimate of drug-likeness (QED) is 0.571. The zero-order valence-electron chi connectivity index (χ0n) is 17.0. The van der Waals surface area contributed by atoms with Gasteiger partial charge in [-0.05, 0) is 30.4 Å². The van der Waals surface area contributed by atoms with Crippen LogP contribution in [-0.2, 0) is 11.3 Å². The van der Waals surface area contributed by atoms with Gasteiger partial charge in [0, 0.05) is 18.5 Å². The van der Waals surface area contributed by atoms with Crippen LogP contribution in [0.3, 0.4) is 0 Å². The Kier molecular flexibility index (Phi) is 9.15. The lowest BCUT2D eigenvalue weighted by Crippen LogP contribution is -2.42. The second-order valence-corrected chi connectivity index (χ2v) is 7.31. The summed E-state index contributed by atoms with van der Waals surface area (Å²) in [4.78, 5) is 14.9. The van der Waals surface area contributed by atoms with E-state index in [1.165, 1.54) is 6.07 Å². The number of amides is 1. The maximum absolute atomic E-state index is 14.2. The van der Waals surface area contributed by atoms with Crippen LogP contribution in [0.25, 0.3) is 0 Å². The van der Waals surface area contributed by atoms with E-state index in [9.17, 15) is 14.3 Å². The Balaban J connectivity index is 2.22. The maximum Gasteiger partial charge on any atom is 0.223 e. The van der Waals surface area contributed by atoms with Crippen LogP contribution in [0.15, 0.2) is 54.6 Å². The van der Waals surface area contributed by atoms with Crippen LogP contribution in [0, 0.1) is 5.82 Å². The Morgan fingerprint density at radius 3 is 2.36 bits per heavy atom. The molecule has 0 aromatic heterocycles. The summed E-state index contributed by atoms with van der Waals surface area (Å²) in [5, 5.41) is 9.80. The zero-order valence-corrected chi connectivity index (χ0v) is 17.0. The van der Waals surface area contributed by atoms with Crippen molar-refractivity contribution in [1.82, 2.24) is 4.90 Å². The third kappa shape index (κ3) is 6.16. The lowest BCUT2D eigenvalue weighted by Gasteiger charge is -2.32. The standard InChI is InChI=1S/C24H32FNO2/c1-3-5-11-20(19-12-7-6-8-13-19)16-24(28)26(22(4-2)18-27)17-21-14-9-10-15-23(21)25/h6-10,12-15,20,22,27H,3-5,11,16-18H2,1-2H3/t20-,22-/m1/s1. The highest BCUT2D eigenvalue weighted by atomic mass is 19.1. The first-order valence-corrected chi connectivity index (χ1v) is 10.3. The number of nitrogens with zero attached hydrogens (tertiary/aromatic N) is 1. The fourth-order valence-corrected chi connectivity index (χ4v) is 3.57. The Labute approximate surface area is 168 Å². The predicted molar refractivity (Wildman–Crippen MR) is 111 cm³/mol. The summed E-state index contributed by atoms with van der Waals surface area (Å²) in [6.45, 7) is 4.14. The van der Waals surface area contributed by atoms with E-state index in [1.807, 2.05) is 25.1 Å². The minimum absolute atomic E-state index is 0.0332.